The second-order valence-corrected chi connectivity index (χ2v) is 8.65. The topological polar surface area (TPSA) is 119 Å². The lowest BCUT2D eigenvalue weighted by Crippen LogP contribution is -2.42. The smallest absolute Gasteiger partial charge is 0.324 e. The summed E-state index contributed by atoms with van der Waals surface area (Å²) in [5, 5.41) is 2.82. The minimum absolute atomic E-state index is 0.0767. The highest BCUT2D eigenvalue weighted by Crippen LogP contribution is 2.17. The molecular formula is C19H26N2O6S. The third-order valence-electron chi connectivity index (χ3n) is 4.57. The van der Waals surface area contributed by atoms with E-state index in [2.05, 4.69) is 10.0 Å². The van der Waals surface area contributed by atoms with Gasteiger partial charge in [0, 0.05) is 11.6 Å². The molecule has 0 aromatic heterocycles. The van der Waals surface area contributed by atoms with Crippen LogP contribution in [0, 0.1) is 0 Å². The van der Waals surface area contributed by atoms with Crippen LogP contribution in [0.5, 0.6) is 0 Å². The number of sulfonamides is 1. The Labute approximate surface area is 165 Å². The van der Waals surface area contributed by atoms with Crippen molar-refractivity contribution in [2.24, 2.45) is 0 Å². The van der Waals surface area contributed by atoms with Gasteiger partial charge in [-0.1, -0.05) is 31.4 Å². The van der Waals surface area contributed by atoms with Gasteiger partial charge in [-0.25, -0.2) is 8.42 Å². The van der Waals surface area contributed by atoms with Crippen LogP contribution < -0.4 is 10.0 Å². The molecule has 154 valence electrons. The lowest BCUT2D eigenvalue weighted by atomic mass is 9.95. The highest BCUT2D eigenvalue weighted by Gasteiger charge is 2.24. The quantitative estimate of drug-likeness (QED) is 0.496. The number of nitrogens with one attached hydrogen (secondary N) is 2. The van der Waals surface area contributed by atoms with Crippen LogP contribution >= 0.6 is 0 Å². The van der Waals surface area contributed by atoms with Crippen LogP contribution in [-0.4, -0.2) is 44.8 Å². The first-order valence-electron chi connectivity index (χ1n) is 9.28. The van der Waals surface area contributed by atoms with Gasteiger partial charge in [-0.3, -0.25) is 14.4 Å². The molecule has 1 aromatic rings. The predicted molar refractivity (Wildman–Crippen MR) is 102 cm³/mol. The Balaban J connectivity index is 1.84. The van der Waals surface area contributed by atoms with Gasteiger partial charge in [-0.05, 0) is 38.8 Å². The third-order valence-corrected chi connectivity index (χ3v) is 6.13. The van der Waals surface area contributed by atoms with Gasteiger partial charge in [-0.2, -0.15) is 4.72 Å². The van der Waals surface area contributed by atoms with E-state index in [-0.39, 0.29) is 16.7 Å². The second-order valence-electron chi connectivity index (χ2n) is 6.93. The summed E-state index contributed by atoms with van der Waals surface area (Å²) in [5.74, 6) is -1.42. The molecule has 8 nitrogen and oxygen atoms in total. The molecule has 1 amide bonds. The first-order chi connectivity index (χ1) is 13.2. The summed E-state index contributed by atoms with van der Waals surface area (Å²) in [5.41, 5.74) is 0.385. The first kappa shape index (κ1) is 22.0. The fourth-order valence-electron chi connectivity index (χ4n) is 3.00. The Hall–Kier alpha value is -2.26. The molecule has 1 saturated carbocycles. The molecule has 28 heavy (non-hydrogen) atoms. The molecule has 1 atom stereocenters. The maximum absolute atomic E-state index is 12.3. The van der Waals surface area contributed by atoms with Crippen molar-refractivity contribution in [3.63, 3.8) is 0 Å². The van der Waals surface area contributed by atoms with Crippen molar-refractivity contribution in [3.8, 4) is 0 Å². The normalized spacial score (nSPS) is 16.2. The summed E-state index contributed by atoms with van der Waals surface area (Å²) in [6, 6.07) is 4.31. The van der Waals surface area contributed by atoms with E-state index in [0.717, 1.165) is 32.1 Å². The Morgan fingerprint density at radius 3 is 2.29 bits per heavy atom. The van der Waals surface area contributed by atoms with Crippen molar-refractivity contribution in [2.45, 2.75) is 62.9 Å². The Morgan fingerprint density at radius 1 is 1.11 bits per heavy atom. The summed E-state index contributed by atoms with van der Waals surface area (Å²) in [6.45, 7) is 2.27. The molecular weight excluding hydrogens is 384 g/mol. The number of carbonyl (C=O) groups is 3. The fraction of sp³-hybridized carbons (Fsp3) is 0.526. The summed E-state index contributed by atoms with van der Waals surface area (Å²) < 4.78 is 31.8. The van der Waals surface area contributed by atoms with Gasteiger partial charge in [0.25, 0.3) is 5.91 Å². The van der Waals surface area contributed by atoms with Crippen molar-refractivity contribution < 1.29 is 27.5 Å². The van der Waals surface area contributed by atoms with Gasteiger partial charge in [0.15, 0.2) is 12.4 Å². The van der Waals surface area contributed by atoms with Crippen LogP contribution in [-0.2, 0) is 24.3 Å². The molecule has 2 N–H and O–H groups in total. The number of hydrogen-bond donors (Lipinski definition) is 2. The molecule has 0 bridgehead atoms. The molecule has 0 spiro atoms. The average Bonchev–Trinajstić information content (AvgIpc) is 2.66. The van der Waals surface area contributed by atoms with Gasteiger partial charge in [-0.15, -0.1) is 0 Å². The van der Waals surface area contributed by atoms with Crippen molar-refractivity contribution in [2.75, 3.05) is 6.61 Å². The monoisotopic (exact) mass is 410 g/mol. The molecule has 1 aliphatic carbocycles. The van der Waals surface area contributed by atoms with Crippen LogP contribution in [0.4, 0.5) is 0 Å². The number of Topliss-reactive ketones (excluding diaryl/α,β-unsaturated/α-hetero) is 1. The van der Waals surface area contributed by atoms with Gasteiger partial charge in [0.05, 0.1) is 4.90 Å². The van der Waals surface area contributed by atoms with Gasteiger partial charge >= 0.3 is 5.97 Å². The number of ether oxygens (including phenoxy) is 1. The summed E-state index contributed by atoms with van der Waals surface area (Å²) >= 11 is 0. The predicted octanol–water partition coefficient (Wildman–Crippen LogP) is 1.55. The Kier molecular flexibility index (Phi) is 7.70. The highest BCUT2D eigenvalue weighted by atomic mass is 32.2. The summed E-state index contributed by atoms with van der Waals surface area (Å²) in [4.78, 5) is 35.1. The number of rotatable bonds is 8. The van der Waals surface area contributed by atoms with Gasteiger partial charge < -0.3 is 10.1 Å². The van der Waals surface area contributed by atoms with Crippen molar-refractivity contribution in [1.82, 2.24) is 10.0 Å². The van der Waals surface area contributed by atoms with Crippen molar-refractivity contribution >= 4 is 27.7 Å². The van der Waals surface area contributed by atoms with E-state index >= 15 is 0 Å². The number of benzene rings is 1. The Morgan fingerprint density at radius 2 is 1.71 bits per heavy atom. The summed E-state index contributed by atoms with van der Waals surface area (Å²) in [6.07, 6.45) is 5.13. The molecule has 0 aliphatic heterocycles. The zero-order valence-electron chi connectivity index (χ0n) is 16.1. The molecule has 1 aromatic carbocycles. The number of amides is 1. The number of carbonyl (C=O) groups excluding carboxylic acids is 3. The average molecular weight is 410 g/mol. The van der Waals surface area contributed by atoms with Crippen molar-refractivity contribution in [3.05, 3.63) is 29.8 Å². The van der Waals surface area contributed by atoms with E-state index in [0.29, 0.717) is 5.56 Å². The van der Waals surface area contributed by atoms with E-state index in [1.54, 1.807) is 0 Å². The standard InChI is InChI=1S/C19H26N2O6S/c1-13(19(24)27-12-18(23)20-16-6-4-3-5-7-16)21-28(25,26)17-10-8-15(9-11-17)14(2)22/h8-11,13,16,21H,3-7,12H2,1-2H3,(H,20,23)/t13-/m0/s1. The molecule has 0 heterocycles. The molecule has 1 fully saturated rings. The van der Waals surface area contributed by atoms with Crippen LogP contribution in [0.25, 0.3) is 0 Å². The minimum Gasteiger partial charge on any atom is -0.454 e. The van der Waals surface area contributed by atoms with Crippen molar-refractivity contribution in [1.29, 1.82) is 0 Å². The van der Waals surface area contributed by atoms with E-state index in [9.17, 15) is 22.8 Å². The van der Waals surface area contributed by atoms with Crippen LogP contribution in [0.2, 0.25) is 0 Å². The molecule has 9 heteroatoms. The molecule has 2 rings (SSSR count). The van der Waals surface area contributed by atoms with Crippen LogP contribution in [0.1, 0.15) is 56.3 Å². The van der Waals surface area contributed by atoms with Gasteiger partial charge in [0.2, 0.25) is 10.0 Å². The van der Waals surface area contributed by atoms with E-state index in [1.165, 1.54) is 38.1 Å². The lowest BCUT2D eigenvalue weighted by molar-refractivity contribution is -0.150. The maximum Gasteiger partial charge on any atom is 0.324 e. The molecule has 0 saturated heterocycles. The minimum atomic E-state index is -3.97. The third kappa shape index (κ3) is 6.42. The molecule has 0 unspecified atom stereocenters. The number of ketones is 1. The zero-order chi connectivity index (χ0) is 20.7. The molecule has 0 radical (unpaired) electrons. The van der Waals surface area contributed by atoms with E-state index < -0.39 is 34.5 Å². The Bertz CT molecular complexity index is 813. The SMILES string of the molecule is CC(=O)c1ccc(S(=O)(=O)N[C@@H](C)C(=O)OCC(=O)NC2CCCCC2)cc1. The molecule has 1 aliphatic rings. The fourth-order valence-corrected chi connectivity index (χ4v) is 4.19. The van der Waals surface area contributed by atoms with Crippen LogP contribution in [0.3, 0.4) is 0 Å². The highest BCUT2D eigenvalue weighted by molar-refractivity contribution is 7.89. The largest absolute Gasteiger partial charge is 0.454 e. The lowest BCUT2D eigenvalue weighted by Gasteiger charge is -2.22. The second kappa shape index (κ2) is 9.79. The van der Waals surface area contributed by atoms with E-state index in [1.807, 2.05) is 0 Å². The maximum atomic E-state index is 12.3. The van der Waals surface area contributed by atoms with Crippen LogP contribution in [0.15, 0.2) is 29.2 Å². The first-order valence-corrected chi connectivity index (χ1v) is 10.8. The van der Waals surface area contributed by atoms with Gasteiger partial charge in [0.1, 0.15) is 6.04 Å². The summed E-state index contributed by atoms with van der Waals surface area (Å²) in [7, 11) is -3.97. The zero-order valence-corrected chi connectivity index (χ0v) is 16.9. The number of hydrogen-bond acceptors (Lipinski definition) is 6. The van der Waals surface area contributed by atoms with E-state index in [4.69, 9.17) is 4.74 Å². The number of esters is 1.